The number of piperidine rings is 1. The summed E-state index contributed by atoms with van der Waals surface area (Å²) < 4.78 is 0. The second-order valence-corrected chi connectivity index (χ2v) is 7.78. The van der Waals surface area contributed by atoms with Gasteiger partial charge in [-0.3, -0.25) is 9.59 Å². The van der Waals surface area contributed by atoms with Gasteiger partial charge in [-0.25, -0.2) is 0 Å². The third-order valence-corrected chi connectivity index (χ3v) is 5.87. The Bertz CT molecular complexity index is 599. The summed E-state index contributed by atoms with van der Waals surface area (Å²) in [6.45, 7) is 3.35. The molecule has 2 fully saturated rings. The van der Waals surface area contributed by atoms with Gasteiger partial charge in [-0.05, 0) is 68.8 Å². The molecule has 2 aliphatic rings. The van der Waals surface area contributed by atoms with Crippen LogP contribution in [0.25, 0.3) is 0 Å². The van der Waals surface area contributed by atoms with Crippen LogP contribution in [0.1, 0.15) is 25.7 Å². The Morgan fingerprint density at radius 1 is 1.36 bits per heavy atom. The Kier molecular flexibility index (Phi) is 6.37. The van der Waals surface area contributed by atoms with E-state index in [1.54, 1.807) is 16.7 Å². The SMILES string of the molecule is CSc1ccc(N2CC(C(=O)NCCC3CCCNC3)CC2=O)cc1. The van der Waals surface area contributed by atoms with Crippen LogP contribution in [0.2, 0.25) is 0 Å². The molecule has 1 aromatic rings. The van der Waals surface area contributed by atoms with Crippen LogP contribution in [-0.4, -0.2) is 44.2 Å². The van der Waals surface area contributed by atoms with Crippen molar-refractivity contribution in [2.45, 2.75) is 30.6 Å². The number of nitrogens with one attached hydrogen (secondary N) is 2. The molecule has 0 bridgehead atoms. The Labute approximate surface area is 153 Å². The van der Waals surface area contributed by atoms with E-state index < -0.39 is 0 Å². The van der Waals surface area contributed by atoms with E-state index in [-0.39, 0.29) is 17.7 Å². The highest BCUT2D eigenvalue weighted by Gasteiger charge is 2.35. The fourth-order valence-electron chi connectivity index (χ4n) is 3.61. The van der Waals surface area contributed by atoms with Crippen LogP contribution >= 0.6 is 11.8 Å². The van der Waals surface area contributed by atoms with E-state index in [4.69, 9.17) is 0 Å². The lowest BCUT2D eigenvalue weighted by Crippen LogP contribution is -2.36. The van der Waals surface area contributed by atoms with E-state index in [9.17, 15) is 9.59 Å². The number of rotatable bonds is 6. The van der Waals surface area contributed by atoms with E-state index in [0.717, 1.165) is 25.2 Å². The summed E-state index contributed by atoms with van der Waals surface area (Å²) in [4.78, 5) is 27.6. The first-order valence-electron chi connectivity index (χ1n) is 9.10. The summed E-state index contributed by atoms with van der Waals surface area (Å²) in [5, 5.41) is 6.43. The molecule has 2 heterocycles. The quantitative estimate of drug-likeness (QED) is 0.763. The van der Waals surface area contributed by atoms with Gasteiger partial charge in [0.2, 0.25) is 11.8 Å². The van der Waals surface area contributed by atoms with E-state index in [0.29, 0.717) is 25.4 Å². The number of anilines is 1. The average molecular weight is 362 g/mol. The van der Waals surface area contributed by atoms with Crippen molar-refractivity contribution >= 4 is 29.3 Å². The molecule has 2 atom stereocenters. The first-order valence-corrected chi connectivity index (χ1v) is 10.3. The first kappa shape index (κ1) is 18.3. The van der Waals surface area contributed by atoms with Crippen molar-refractivity contribution in [3.8, 4) is 0 Å². The highest BCUT2D eigenvalue weighted by atomic mass is 32.2. The van der Waals surface area contributed by atoms with E-state index in [1.165, 1.54) is 17.7 Å². The molecule has 6 heteroatoms. The highest BCUT2D eigenvalue weighted by molar-refractivity contribution is 7.98. The van der Waals surface area contributed by atoms with Crippen molar-refractivity contribution in [2.24, 2.45) is 11.8 Å². The van der Waals surface area contributed by atoms with Gasteiger partial charge in [0, 0.05) is 30.1 Å². The zero-order valence-electron chi connectivity index (χ0n) is 14.8. The van der Waals surface area contributed by atoms with Crippen molar-refractivity contribution in [1.29, 1.82) is 0 Å². The van der Waals surface area contributed by atoms with Gasteiger partial charge in [-0.15, -0.1) is 11.8 Å². The number of carbonyl (C=O) groups excluding carboxylic acids is 2. The second-order valence-electron chi connectivity index (χ2n) is 6.90. The molecule has 2 N–H and O–H groups in total. The molecule has 0 radical (unpaired) electrons. The molecule has 2 saturated heterocycles. The highest BCUT2D eigenvalue weighted by Crippen LogP contribution is 2.27. The van der Waals surface area contributed by atoms with E-state index >= 15 is 0 Å². The number of hydrogen-bond acceptors (Lipinski definition) is 4. The van der Waals surface area contributed by atoms with Gasteiger partial charge in [0.1, 0.15) is 0 Å². The van der Waals surface area contributed by atoms with Crippen molar-refractivity contribution in [2.75, 3.05) is 37.3 Å². The lowest BCUT2D eigenvalue weighted by molar-refractivity contribution is -0.126. The monoisotopic (exact) mass is 361 g/mol. The number of amides is 2. The topological polar surface area (TPSA) is 61.4 Å². The van der Waals surface area contributed by atoms with Crippen LogP contribution in [0.3, 0.4) is 0 Å². The Morgan fingerprint density at radius 3 is 2.84 bits per heavy atom. The van der Waals surface area contributed by atoms with Gasteiger partial charge in [-0.2, -0.15) is 0 Å². The van der Waals surface area contributed by atoms with Gasteiger partial charge >= 0.3 is 0 Å². The smallest absolute Gasteiger partial charge is 0.227 e. The van der Waals surface area contributed by atoms with E-state index in [1.807, 2.05) is 30.5 Å². The third kappa shape index (κ3) is 4.76. The molecule has 136 valence electrons. The average Bonchev–Trinajstić information content (AvgIpc) is 3.04. The molecular weight excluding hydrogens is 334 g/mol. The summed E-state index contributed by atoms with van der Waals surface area (Å²) in [6.07, 6.45) is 5.81. The summed E-state index contributed by atoms with van der Waals surface area (Å²) in [5.41, 5.74) is 0.881. The van der Waals surface area contributed by atoms with E-state index in [2.05, 4.69) is 10.6 Å². The van der Waals surface area contributed by atoms with Gasteiger partial charge in [-0.1, -0.05) is 0 Å². The maximum Gasteiger partial charge on any atom is 0.227 e. The largest absolute Gasteiger partial charge is 0.356 e. The zero-order valence-corrected chi connectivity index (χ0v) is 15.6. The van der Waals surface area contributed by atoms with Crippen LogP contribution in [0.4, 0.5) is 5.69 Å². The maximum absolute atomic E-state index is 12.4. The summed E-state index contributed by atoms with van der Waals surface area (Å²) in [6, 6.07) is 7.94. The zero-order chi connectivity index (χ0) is 17.6. The predicted octanol–water partition coefficient (Wildman–Crippen LogP) is 2.27. The number of thioether (sulfide) groups is 1. The minimum atomic E-state index is -0.239. The van der Waals surface area contributed by atoms with Crippen LogP contribution in [0.15, 0.2) is 29.2 Å². The summed E-state index contributed by atoms with van der Waals surface area (Å²) >= 11 is 1.67. The van der Waals surface area contributed by atoms with Crippen LogP contribution in [0, 0.1) is 11.8 Å². The minimum Gasteiger partial charge on any atom is -0.356 e. The molecule has 3 rings (SSSR count). The lowest BCUT2D eigenvalue weighted by atomic mass is 9.96. The number of benzene rings is 1. The van der Waals surface area contributed by atoms with Gasteiger partial charge in [0.05, 0.1) is 5.92 Å². The molecule has 0 saturated carbocycles. The Hall–Kier alpha value is -1.53. The maximum atomic E-state index is 12.4. The number of hydrogen-bond donors (Lipinski definition) is 2. The molecule has 25 heavy (non-hydrogen) atoms. The number of nitrogens with zero attached hydrogens (tertiary/aromatic N) is 1. The molecule has 0 aromatic heterocycles. The predicted molar refractivity (Wildman–Crippen MR) is 102 cm³/mol. The van der Waals surface area contributed by atoms with Crippen LogP contribution in [-0.2, 0) is 9.59 Å². The Balaban J connectivity index is 1.48. The van der Waals surface area contributed by atoms with Crippen molar-refractivity contribution in [3.63, 3.8) is 0 Å². The fourth-order valence-corrected chi connectivity index (χ4v) is 4.02. The molecule has 2 amide bonds. The first-order chi connectivity index (χ1) is 12.2. The lowest BCUT2D eigenvalue weighted by Gasteiger charge is -2.23. The molecule has 1 aromatic carbocycles. The minimum absolute atomic E-state index is 0.0142. The molecule has 2 aliphatic heterocycles. The second kappa shape index (κ2) is 8.72. The summed E-state index contributed by atoms with van der Waals surface area (Å²) in [5.74, 6) is 0.469. The third-order valence-electron chi connectivity index (χ3n) is 5.13. The van der Waals surface area contributed by atoms with Gasteiger partial charge in [0.15, 0.2) is 0 Å². The number of carbonyl (C=O) groups is 2. The normalized spacial score (nSPS) is 23.7. The Morgan fingerprint density at radius 2 is 2.16 bits per heavy atom. The van der Waals surface area contributed by atoms with Crippen molar-refractivity contribution in [3.05, 3.63) is 24.3 Å². The molecule has 0 spiro atoms. The van der Waals surface area contributed by atoms with Crippen LogP contribution in [0.5, 0.6) is 0 Å². The van der Waals surface area contributed by atoms with Crippen molar-refractivity contribution in [1.82, 2.24) is 10.6 Å². The van der Waals surface area contributed by atoms with Gasteiger partial charge < -0.3 is 15.5 Å². The summed E-state index contributed by atoms with van der Waals surface area (Å²) in [7, 11) is 0. The molecule has 2 unspecified atom stereocenters. The molecule has 5 nitrogen and oxygen atoms in total. The molecular formula is C19H27N3O2S. The standard InChI is InChI=1S/C19H27N3O2S/c1-25-17-6-4-16(5-7-17)22-13-15(11-18(22)23)19(24)21-10-8-14-3-2-9-20-12-14/h4-7,14-15,20H,2-3,8-13H2,1H3,(H,21,24). The molecule has 0 aliphatic carbocycles. The van der Waals surface area contributed by atoms with Crippen LogP contribution < -0.4 is 15.5 Å². The fraction of sp³-hybridized carbons (Fsp3) is 0.579. The van der Waals surface area contributed by atoms with Crippen molar-refractivity contribution < 1.29 is 9.59 Å². The van der Waals surface area contributed by atoms with Gasteiger partial charge in [0.25, 0.3) is 0 Å².